The number of hydrogen-bond donors (Lipinski definition) is 0. The molecule has 3 aromatic rings. The van der Waals surface area contributed by atoms with Gasteiger partial charge in [-0.1, -0.05) is 42.1 Å². The van der Waals surface area contributed by atoms with Crippen LogP contribution in [-0.4, -0.2) is 12.1 Å². The lowest BCUT2D eigenvalue weighted by atomic mass is 10.2. The van der Waals surface area contributed by atoms with Gasteiger partial charge in [0.15, 0.2) is 0 Å². The van der Waals surface area contributed by atoms with Gasteiger partial charge in [0, 0.05) is 16.5 Å². The molecule has 0 spiro atoms. The number of fused-ring (bicyclic) bond motifs is 1. The van der Waals surface area contributed by atoms with Crippen LogP contribution in [0, 0.1) is 11.3 Å². The van der Waals surface area contributed by atoms with Crippen LogP contribution >= 0.6 is 11.8 Å². The maximum atomic E-state index is 9.35. The zero-order valence-electron chi connectivity index (χ0n) is 11.4. The Bertz CT molecular complexity index is 840. The van der Waals surface area contributed by atoms with Crippen LogP contribution in [-0.2, 0) is 0 Å². The molecule has 0 radical (unpaired) electrons. The first kappa shape index (κ1) is 13.5. The monoisotopic (exact) mass is 292 g/mol. The Morgan fingerprint density at radius 2 is 1.86 bits per heavy atom. The summed E-state index contributed by atoms with van der Waals surface area (Å²) < 4.78 is 5.38. The van der Waals surface area contributed by atoms with Crippen LogP contribution in [0.4, 0.5) is 0 Å². The van der Waals surface area contributed by atoms with E-state index in [4.69, 9.17) is 4.74 Å². The van der Waals surface area contributed by atoms with Crippen LogP contribution in [0.15, 0.2) is 64.5 Å². The van der Waals surface area contributed by atoms with Crippen molar-refractivity contribution in [1.29, 1.82) is 5.26 Å². The molecular formula is C17H12N2OS. The predicted octanol–water partition coefficient (Wildman–Crippen LogP) is 4.27. The van der Waals surface area contributed by atoms with Crippen molar-refractivity contribution in [1.82, 2.24) is 4.98 Å². The van der Waals surface area contributed by atoms with Gasteiger partial charge < -0.3 is 4.74 Å². The lowest BCUT2D eigenvalue weighted by molar-refractivity contribution is 0.405. The number of para-hydroxylation sites is 2. The standard InChI is InChI=1S/C17H12N2OS/c1-20-15-8-4-5-9-16(15)21-17-12(10-18)11-19-14-7-3-2-6-13(14)17/h2-9,11H,1H3. The molecule has 1 heterocycles. The second kappa shape index (κ2) is 5.86. The summed E-state index contributed by atoms with van der Waals surface area (Å²) in [6.45, 7) is 0. The lowest BCUT2D eigenvalue weighted by Crippen LogP contribution is -1.90. The number of hydrogen-bond acceptors (Lipinski definition) is 4. The summed E-state index contributed by atoms with van der Waals surface area (Å²) in [4.78, 5) is 6.22. The average Bonchev–Trinajstić information content (AvgIpc) is 2.55. The third kappa shape index (κ3) is 2.56. The Morgan fingerprint density at radius 1 is 1.10 bits per heavy atom. The van der Waals surface area contributed by atoms with Crippen LogP contribution in [0.3, 0.4) is 0 Å². The first-order valence-electron chi connectivity index (χ1n) is 6.42. The Morgan fingerprint density at radius 3 is 2.67 bits per heavy atom. The number of nitriles is 1. The quantitative estimate of drug-likeness (QED) is 0.723. The highest BCUT2D eigenvalue weighted by Crippen LogP contribution is 2.39. The van der Waals surface area contributed by atoms with Crippen LogP contribution < -0.4 is 4.74 Å². The van der Waals surface area contributed by atoms with Gasteiger partial charge >= 0.3 is 0 Å². The maximum absolute atomic E-state index is 9.35. The van der Waals surface area contributed by atoms with Gasteiger partial charge in [0.05, 0.1) is 23.1 Å². The second-order valence-electron chi connectivity index (χ2n) is 4.38. The van der Waals surface area contributed by atoms with Crippen molar-refractivity contribution in [2.75, 3.05) is 7.11 Å². The third-order valence-corrected chi connectivity index (χ3v) is 4.33. The summed E-state index contributed by atoms with van der Waals surface area (Å²) in [7, 11) is 1.65. The zero-order chi connectivity index (χ0) is 14.7. The molecule has 0 amide bonds. The van der Waals surface area contributed by atoms with Crippen LogP contribution in [0.1, 0.15) is 5.56 Å². The molecular weight excluding hydrogens is 280 g/mol. The van der Waals surface area contributed by atoms with Gasteiger partial charge in [-0.25, -0.2) is 0 Å². The Hall–Kier alpha value is -2.51. The molecule has 4 heteroatoms. The number of aromatic nitrogens is 1. The molecule has 0 aliphatic rings. The molecule has 3 nitrogen and oxygen atoms in total. The van der Waals surface area contributed by atoms with Crippen molar-refractivity contribution >= 4 is 22.7 Å². The smallest absolute Gasteiger partial charge is 0.132 e. The third-order valence-electron chi connectivity index (χ3n) is 3.13. The number of rotatable bonds is 3. The number of nitrogens with zero attached hydrogens (tertiary/aromatic N) is 2. The van der Waals surface area contributed by atoms with Crippen LogP contribution in [0.2, 0.25) is 0 Å². The minimum absolute atomic E-state index is 0.574. The van der Waals surface area contributed by atoms with Crippen molar-refractivity contribution in [2.45, 2.75) is 9.79 Å². The molecule has 0 bridgehead atoms. The SMILES string of the molecule is COc1ccccc1Sc1c(C#N)cnc2ccccc12. The first-order valence-corrected chi connectivity index (χ1v) is 7.24. The van der Waals surface area contributed by atoms with Gasteiger partial charge in [-0.3, -0.25) is 4.98 Å². The van der Waals surface area contributed by atoms with E-state index >= 15 is 0 Å². The van der Waals surface area contributed by atoms with Gasteiger partial charge in [0.1, 0.15) is 11.8 Å². The Kier molecular flexibility index (Phi) is 3.76. The van der Waals surface area contributed by atoms with Gasteiger partial charge in [0.25, 0.3) is 0 Å². The van der Waals surface area contributed by atoms with E-state index in [1.165, 1.54) is 11.8 Å². The summed E-state index contributed by atoms with van der Waals surface area (Å²) >= 11 is 1.53. The highest BCUT2D eigenvalue weighted by Gasteiger charge is 2.12. The van der Waals surface area contributed by atoms with E-state index in [9.17, 15) is 5.26 Å². The normalized spacial score (nSPS) is 10.3. The molecule has 0 saturated heterocycles. The number of pyridine rings is 1. The van der Waals surface area contributed by atoms with E-state index in [-0.39, 0.29) is 0 Å². The summed E-state index contributed by atoms with van der Waals surface area (Å²) in [5, 5.41) is 10.3. The highest BCUT2D eigenvalue weighted by molar-refractivity contribution is 7.99. The fourth-order valence-electron chi connectivity index (χ4n) is 2.12. The van der Waals surface area contributed by atoms with E-state index in [0.29, 0.717) is 5.56 Å². The largest absolute Gasteiger partial charge is 0.496 e. The minimum Gasteiger partial charge on any atom is -0.496 e. The molecule has 0 saturated carbocycles. The molecule has 0 unspecified atom stereocenters. The van der Waals surface area contributed by atoms with Crippen molar-refractivity contribution < 1.29 is 4.74 Å². The van der Waals surface area contributed by atoms with Crippen molar-refractivity contribution in [3.63, 3.8) is 0 Å². The molecule has 0 N–H and O–H groups in total. The van der Waals surface area contributed by atoms with Gasteiger partial charge in [-0.15, -0.1) is 0 Å². The fourth-order valence-corrected chi connectivity index (χ4v) is 3.23. The molecule has 0 aliphatic carbocycles. The summed E-state index contributed by atoms with van der Waals surface area (Å²) in [6.07, 6.45) is 1.63. The van der Waals surface area contributed by atoms with Crippen LogP contribution in [0.5, 0.6) is 5.75 Å². The molecule has 0 atom stereocenters. The number of benzene rings is 2. The molecule has 3 rings (SSSR count). The summed E-state index contributed by atoms with van der Waals surface area (Å²) in [6, 6.07) is 17.8. The van der Waals surface area contributed by atoms with E-state index in [1.54, 1.807) is 13.3 Å². The number of methoxy groups -OCH3 is 1. The Balaban J connectivity index is 2.17. The number of ether oxygens (including phenoxy) is 1. The van der Waals surface area contributed by atoms with Crippen LogP contribution in [0.25, 0.3) is 10.9 Å². The van der Waals surface area contributed by atoms with Crippen molar-refractivity contribution in [3.05, 3.63) is 60.3 Å². The predicted molar refractivity (Wildman–Crippen MR) is 83.6 cm³/mol. The highest BCUT2D eigenvalue weighted by atomic mass is 32.2. The zero-order valence-corrected chi connectivity index (χ0v) is 12.2. The molecule has 0 aliphatic heterocycles. The Labute approximate surface area is 127 Å². The maximum Gasteiger partial charge on any atom is 0.132 e. The van der Waals surface area contributed by atoms with E-state index in [2.05, 4.69) is 11.1 Å². The van der Waals surface area contributed by atoms with Crippen molar-refractivity contribution in [3.8, 4) is 11.8 Å². The lowest BCUT2D eigenvalue weighted by Gasteiger charge is -2.10. The van der Waals surface area contributed by atoms with Crippen molar-refractivity contribution in [2.24, 2.45) is 0 Å². The molecule has 0 fully saturated rings. The molecule has 21 heavy (non-hydrogen) atoms. The second-order valence-corrected chi connectivity index (χ2v) is 5.44. The molecule has 102 valence electrons. The van der Waals surface area contributed by atoms with Gasteiger partial charge in [0.2, 0.25) is 0 Å². The minimum atomic E-state index is 0.574. The van der Waals surface area contributed by atoms with Gasteiger partial charge in [-0.2, -0.15) is 5.26 Å². The molecule has 2 aromatic carbocycles. The topological polar surface area (TPSA) is 45.9 Å². The van der Waals surface area contributed by atoms with E-state index in [0.717, 1.165) is 26.4 Å². The van der Waals surface area contributed by atoms with Gasteiger partial charge in [-0.05, 0) is 18.2 Å². The first-order chi connectivity index (χ1) is 10.3. The van der Waals surface area contributed by atoms with E-state index in [1.807, 2.05) is 48.5 Å². The van der Waals surface area contributed by atoms with E-state index < -0.39 is 0 Å². The summed E-state index contributed by atoms with van der Waals surface area (Å²) in [5.41, 5.74) is 1.46. The average molecular weight is 292 g/mol. The fraction of sp³-hybridized carbons (Fsp3) is 0.0588. The molecule has 1 aromatic heterocycles. The summed E-state index contributed by atoms with van der Waals surface area (Å²) in [5.74, 6) is 0.798.